The van der Waals surface area contributed by atoms with Crippen molar-refractivity contribution >= 4 is 9.76 Å². The largest absolute Gasteiger partial charge is 0.432 e. The van der Waals surface area contributed by atoms with Crippen LogP contribution in [0.2, 0.25) is 6.04 Å². The van der Waals surface area contributed by atoms with E-state index in [9.17, 15) is 0 Å². The minimum absolute atomic E-state index is 0.170. The van der Waals surface area contributed by atoms with Crippen LogP contribution in [0.5, 0.6) is 0 Å². The number of unbranched alkanes of at least 4 members (excludes halogenated alkanes) is 5. The van der Waals surface area contributed by atoms with Gasteiger partial charge in [0.2, 0.25) is 9.76 Å². The highest BCUT2D eigenvalue weighted by molar-refractivity contribution is 6.25. The van der Waals surface area contributed by atoms with E-state index in [1.807, 2.05) is 0 Å². The summed E-state index contributed by atoms with van der Waals surface area (Å²) in [6.07, 6.45) is 7.97. The summed E-state index contributed by atoms with van der Waals surface area (Å²) in [6.45, 7) is 2.23. The molecular weight excluding hydrogens is 140 g/mol. The Balaban J connectivity index is 2.65. The molecule has 0 aliphatic heterocycles. The van der Waals surface area contributed by atoms with Gasteiger partial charge < -0.3 is 4.80 Å². The molecule has 1 N–H and O–H groups in total. The van der Waals surface area contributed by atoms with E-state index in [-0.39, 0.29) is 9.76 Å². The van der Waals surface area contributed by atoms with E-state index < -0.39 is 0 Å². The molecule has 0 unspecified atom stereocenters. The van der Waals surface area contributed by atoms with E-state index in [2.05, 4.69) is 6.92 Å². The maximum atomic E-state index is 8.50. The average molecular weight is 158 g/mol. The van der Waals surface area contributed by atoms with Gasteiger partial charge in [0.05, 0.1) is 0 Å². The SMILES string of the molecule is CCCCCCCC[Si]O. The molecule has 0 saturated carbocycles. The van der Waals surface area contributed by atoms with Crippen molar-refractivity contribution in [2.45, 2.75) is 51.5 Å². The highest BCUT2D eigenvalue weighted by Gasteiger charge is 1.89. The molecule has 0 heterocycles. The van der Waals surface area contributed by atoms with Crippen LogP contribution in [0.4, 0.5) is 0 Å². The van der Waals surface area contributed by atoms with Gasteiger partial charge in [-0.2, -0.15) is 0 Å². The maximum absolute atomic E-state index is 8.50. The van der Waals surface area contributed by atoms with E-state index >= 15 is 0 Å². The zero-order valence-corrected chi connectivity index (χ0v) is 7.90. The fraction of sp³-hybridized carbons (Fsp3) is 1.00. The lowest BCUT2D eigenvalue weighted by molar-refractivity contribution is 0.581. The molecule has 0 aromatic carbocycles. The standard InChI is InChI=1S/C8H18OSi/c1-2-3-4-5-6-7-8-10-9/h9H,2-8H2,1H3. The molecule has 10 heavy (non-hydrogen) atoms. The van der Waals surface area contributed by atoms with Crippen LogP contribution in [-0.4, -0.2) is 14.6 Å². The summed E-state index contributed by atoms with van der Waals surface area (Å²) in [4.78, 5) is 8.50. The molecule has 2 heteroatoms. The second-order valence-electron chi connectivity index (χ2n) is 2.68. The van der Waals surface area contributed by atoms with E-state index in [0.717, 1.165) is 6.04 Å². The van der Waals surface area contributed by atoms with Crippen LogP contribution in [-0.2, 0) is 0 Å². The molecule has 0 aromatic heterocycles. The van der Waals surface area contributed by atoms with Gasteiger partial charge in [-0.1, -0.05) is 45.4 Å². The van der Waals surface area contributed by atoms with E-state index in [0.29, 0.717) is 0 Å². The lowest BCUT2D eigenvalue weighted by atomic mass is 10.1. The van der Waals surface area contributed by atoms with Crippen LogP contribution in [0.15, 0.2) is 0 Å². The Morgan fingerprint density at radius 3 is 2.20 bits per heavy atom. The van der Waals surface area contributed by atoms with Gasteiger partial charge in [-0.3, -0.25) is 0 Å². The van der Waals surface area contributed by atoms with Gasteiger partial charge in [0, 0.05) is 0 Å². The molecule has 1 nitrogen and oxygen atoms in total. The van der Waals surface area contributed by atoms with Crippen molar-refractivity contribution in [3.8, 4) is 0 Å². The van der Waals surface area contributed by atoms with Gasteiger partial charge >= 0.3 is 0 Å². The molecule has 0 aromatic rings. The predicted molar refractivity (Wildman–Crippen MR) is 46.2 cm³/mol. The van der Waals surface area contributed by atoms with Crippen molar-refractivity contribution in [2.24, 2.45) is 0 Å². The summed E-state index contributed by atoms with van der Waals surface area (Å²) in [5, 5.41) is 0. The Bertz CT molecular complexity index is 49.2. The molecule has 0 amide bonds. The molecule has 0 saturated heterocycles. The second-order valence-corrected chi connectivity index (χ2v) is 3.49. The number of hydrogen-bond acceptors (Lipinski definition) is 1. The van der Waals surface area contributed by atoms with Gasteiger partial charge in [-0.05, 0) is 6.04 Å². The van der Waals surface area contributed by atoms with E-state index in [4.69, 9.17) is 4.80 Å². The summed E-state index contributed by atoms with van der Waals surface area (Å²) >= 11 is 0. The Morgan fingerprint density at radius 2 is 1.60 bits per heavy atom. The number of rotatable bonds is 7. The van der Waals surface area contributed by atoms with Crippen molar-refractivity contribution in [1.82, 2.24) is 0 Å². The third-order valence-corrected chi connectivity index (χ3v) is 2.22. The minimum atomic E-state index is 0.170. The monoisotopic (exact) mass is 158 g/mol. The fourth-order valence-electron chi connectivity index (χ4n) is 0.984. The molecule has 0 bridgehead atoms. The Morgan fingerprint density at radius 1 is 1.00 bits per heavy atom. The first-order chi connectivity index (χ1) is 4.91. The molecule has 2 radical (unpaired) electrons. The fourth-order valence-corrected chi connectivity index (χ4v) is 1.39. The summed E-state index contributed by atoms with van der Waals surface area (Å²) in [7, 11) is 0.170. The molecule has 0 fully saturated rings. The molecule has 60 valence electrons. The van der Waals surface area contributed by atoms with Gasteiger partial charge in [-0.25, -0.2) is 0 Å². The summed E-state index contributed by atoms with van der Waals surface area (Å²) in [5.74, 6) is 0. The first kappa shape index (κ1) is 10.2. The van der Waals surface area contributed by atoms with Crippen molar-refractivity contribution in [1.29, 1.82) is 0 Å². The first-order valence-corrected chi connectivity index (χ1v) is 5.44. The third kappa shape index (κ3) is 8.18. The van der Waals surface area contributed by atoms with Gasteiger partial charge in [0.25, 0.3) is 0 Å². The highest BCUT2D eigenvalue weighted by Crippen LogP contribution is 2.05. The molecule has 0 aliphatic carbocycles. The van der Waals surface area contributed by atoms with Crippen LogP contribution in [0, 0.1) is 0 Å². The van der Waals surface area contributed by atoms with E-state index in [1.54, 1.807) is 0 Å². The summed E-state index contributed by atoms with van der Waals surface area (Å²) in [6, 6.07) is 1.02. The van der Waals surface area contributed by atoms with Crippen molar-refractivity contribution in [2.75, 3.05) is 0 Å². The minimum Gasteiger partial charge on any atom is -0.432 e. The van der Waals surface area contributed by atoms with Crippen molar-refractivity contribution in [3.05, 3.63) is 0 Å². The third-order valence-electron chi connectivity index (χ3n) is 1.64. The smallest absolute Gasteiger partial charge is 0.224 e. The quantitative estimate of drug-likeness (QED) is 0.445. The predicted octanol–water partition coefficient (Wildman–Crippen LogP) is 2.38. The maximum Gasteiger partial charge on any atom is 0.224 e. The molecule has 0 atom stereocenters. The molecule has 0 spiro atoms. The summed E-state index contributed by atoms with van der Waals surface area (Å²) in [5.41, 5.74) is 0. The first-order valence-electron chi connectivity index (χ1n) is 4.28. The van der Waals surface area contributed by atoms with Gasteiger partial charge in [0.15, 0.2) is 0 Å². The Hall–Kier alpha value is 0.177. The topological polar surface area (TPSA) is 20.2 Å². The normalized spacial score (nSPS) is 10.2. The zero-order chi connectivity index (χ0) is 7.66. The highest BCUT2D eigenvalue weighted by atomic mass is 28.2. The van der Waals surface area contributed by atoms with Crippen LogP contribution < -0.4 is 0 Å². The Kier molecular flexibility index (Phi) is 9.34. The molecular formula is C8H18OSi. The van der Waals surface area contributed by atoms with Crippen LogP contribution in [0.1, 0.15) is 45.4 Å². The lowest BCUT2D eigenvalue weighted by Crippen LogP contribution is -1.85. The zero-order valence-electron chi connectivity index (χ0n) is 6.90. The van der Waals surface area contributed by atoms with Gasteiger partial charge in [-0.15, -0.1) is 0 Å². The Labute approximate surface area is 66.8 Å². The van der Waals surface area contributed by atoms with Crippen LogP contribution >= 0.6 is 0 Å². The second kappa shape index (κ2) is 9.18. The van der Waals surface area contributed by atoms with Crippen LogP contribution in [0.25, 0.3) is 0 Å². The molecule has 0 rings (SSSR count). The average Bonchev–Trinajstić information content (AvgIpc) is 1.97. The van der Waals surface area contributed by atoms with E-state index in [1.165, 1.54) is 38.5 Å². The molecule has 0 aliphatic rings. The lowest BCUT2D eigenvalue weighted by Gasteiger charge is -1.96. The van der Waals surface area contributed by atoms with Gasteiger partial charge in [0.1, 0.15) is 0 Å². The van der Waals surface area contributed by atoms with Crippen LogP contribution in [0.3, 0.4) is 0 Å². The number of hydrogen-bond donors (Lipinski definition) is 1. The summed E-state index contributed by atoms with van der Waals surface area (Å²) < 4.78 is 0. The van der Waals surface area contributed by atoms with Crippen molar-refractivity contribution in [3.63, 3.8) is 0 Å². The van der Waals surface area contributed by atoms with Crippen molar-refractivity contribution < 1.29 is 4.80 Å².